The van der Waals surface area contributed by atoms with Gasteiger partial charge in [0, 0.05) is 22.6 Å². The van der Waals surface area contributed by atoms with Crippen LogP contribution in [0.15, 0.2) is 64.3 Å². The van der Waals surface area contributed by atoms with Gasteiger partial charge in [0.25, 0.3) is 0 Å². The molecule has 0 unspecified atom stereocenters. The Bertz CT molecular complexity index is 454. The summed E-state index contributed by atoms with van der Waals surface area (Å²) in [6.07, 6.45) is 3.21. The number of rotatable bonds is 4. The monoisotopic (exact) mass is 231 g/mol. The lowest BCUT2D eigenvalue weighted by Crippen LogP contribution is -2.01. The number of ketones is 1. The highest BCUT2D eigenvalue weighted by atomic mass is 32.2. The van der Waals surface area contributed by atoms with Crippen LogP contribution in [-0.4, -0.2) is 11.5 Å². The highest BCUT2D eigenvalue weighted by Crippen LogP contribution is 2.18. The Morgan fingerprint density at radius 3 is 2.44 bits per heavy atom. The van der Waals surface area contributed by atoms with Gasteiger partial charge in [-0.2, -0.15) is 0 Å². The first-order valence-corrected chi connectivity index (χ1v) is 5.91. The maximum absolute atomic E-state index is 11.8. The maximum Gasteiger partial charge on any atom is 0.319 e. The number of carbonyl (C=O) groups excluding carboxylic acids is 1. The van der Waals surface area contributed by atoms with Crippen LogP contribution in [0.3, 0.4) is 0 Å². The van der Waals surface area contributed by atoms with Crippen molar-refractivity contribution in [3.8, 4) is 0 Å². The van der Waals surface area contributed by atoms with Crippen LogP contribution in [0.25, 0.3) is 0 Å². The van der Waals surface area contributed by atoms with Crippen LogP contribution in [0.1, 0.15) is 10.4 Å². The average molecular weight is 231 g/mol. The van der Waals surface area contributed by atoms with E-state index < -0.39 is 0 Å². The van der Waals surface area contributed by atoms with E-state index in [1.165, 1.54) is 11.8 Å². The Morgan fingerprint density at radius 1 is 1.06 bits per heavy atom. The van der Waals surface area contributed by atoms with Crippen molar-refractivity contribution in [1.29, 1.82) is 0 Å². The molecule has 1 aromatic carbocycles. The Kier molecular flexibility index (Phi) is 3.72. The molecule has 16 heavy (non-hydrogen) atoms. The van der Waals surface area contributed by atoms with Crippen LogP contribution in [0.4, 0.5) is 0 Å². The molecule has 0 N–H and O–H groups in total. The molecule has 0 bridgehead atoms. The predicted octanol–water partition coefficient (Wildman–Crippen LogP) is 3.54. The van der Waals surface area contributed by atoms with Crippen LogP contribution >= 0.6 is 11.8 Å². The Balaban J connectivity index is 1.95. The molecule has 2 rings (SSSR count). The van der Waals surface area contributed by atoms with Crippen molar-refractivity contribution in [1.82, 2.24) is 0 Å². The topological polar surface area (TPSA) is 28.4 Å². The van der Waals surface area contributed by atoms with E-state index in [-0.39, 0.29) is 5.78 Å². The van der Waals surface area contributed by atoms with E-state index >= 15 is 0 Å². The van der Waals surface area contributed by atoms with Gasteiger partial charge in [0.15, 0.2) is 5.78 Å². The number of hydrogen-bond donors (Lipinski definition) is 0. The molecule has 2 aromatic rings. The van der Waals surface area contributed by atoms with Crippen molar-refractivity contribution in [2.75, 3.05) is 5.75 Å². The van der Waals surface area contributed by atoms with Crippen LogP contribution < -0.4 is 0 Å². The van der Waals surface area contributed by atoms with Gasteiger partial charge in [-0.3, -0.25) is 4.79 Å². The first-order valence-electron chi connectivity index (χ1n) is 4.93. The van der Waals surface area contributed by atoms with Crippen molar-refractivity contribution in [3.63, 3.8) is 0 Å². The summed E-state index contributed by atoms with van der Waals surface area (Å²) in [4.78, 5) is 12.8. The van der Waals surface area contributed by atoms with Crippen LogP contribution in [-0.2, 0) is 0 Å². The minimum absolute atomic E-state index is 0.145. The molecule has 2 nitrogen and oxygen atoms in total. The Morgan fingerprint density at radius 2 is 1.75 bits per heavy atom. The highest BCUT2D eigenvalue weighted by Gasteiger charge is 2.06. The number of benzene rings is 1. The van der Waals surface area contributed by atoms with Crippen molar-refractivity contribution in [2.24, 2.45) is 0 Å². The molecular formula is C13H11O2S+. The van der Waals surface area contributed by atoms with Gasteiger partial charge in [-0.1, -0.05) is 30.3 Å². The average Bonchev–Trinajstić information content (AvgIpc) is 2.38. The fraction of sp³-hybridized carbons (Fsp3) is 0.0769. The second-order valence-corrected chi connectivity index (χ2v) is 4.27. The van der Waals surface area contributed by atoms with Gasteiger partial charge >= 0.3 is 12.5 Å². The third kappa shape index (κ3) is 2.94. The van der Waals surface area contributed by atoms with Gasteiger partial charge < -0.3 is 0 Å². The summed E-state index contributed by atoms with van der Waals surface area (Å²) < 4.78 is 4.91. The van der Waals surface area contributed by atoms with Crippen molar-refractivity contribution < 1.29 is 9.21 Å². The zero-order valence-corrected chi connectivity index (χ0v) is 9.44. The molecule has 0 spiro atoms. The number of thioether (sulfide) groups is 1. The summed E-state index contributed by atoms with van der Waals surface area (Å²) in [6.45, 7) is 0. The Hall–Kier alpha value is -1.61. The van der Waals surface area contributed by atoms with E-state index in [1.807, 2.05) is 42.5 Å². The third-order valence-corrected chi connectivity index (χ3v) is 3.10. The minimum Gasteiger partial charge on any atom is -0.293 e. The second-order valence-electron chi connectivity index (χ2n) is 3.22. The lowest BCUT2D eigenvalue weighted by atomic mass is 10.2. The van der Waals surface area contributed by atoms with E-state index in [1.54, 1.807) is 12.5 Å². The van der Waals surface area contributed by atoms with Crippen LogP contribution in [0.5, 0.6) is 0 Å². The molecule has 0 radical (unpaired) electrons. The Labute approximate surface area is 98.3 Å². The van der Waals surface area contributed by atoms with Gasteiger partial charge in [-0.05, 0) is 0 Å². The lowest BCUT2D eigenvalue weighted by molar-refractivity contribution is 0.102. The largest absolute Gasteiger partial charge is 0.319 e. The SMILES string of the molecule is O=C(CSc1cc[o+]cc1)c1ccccc1. The van der Waals surface area contributed by atoms with Gasteiger partial charge in [0.05, 0.1) is 5.75 Å². The van der Waals surface area contributed by atoms with E-state index in [4.69, 9.17) is 4.42 Å². The number of Topliss-reactive ketones (excluding diaryl/α,β-unsaturated/α-hetero) is 1. The fourth-order valence-electron chi connectivity index (χ4n) is 1.27. The van der Waals surface area contributed by atoms with Gasteiger partial charge in [-0.15, -0.1) is 11.8 Å². The maximum atomic E-state index is 11.8. The predicted molar refractivity (Wildman–Crippen MR) is 64.6 cm³/mol. The zero-order chi connectivity index (χ0) is 11.2. The first-order chi connectivity index (χ1) is 7.86. The smallest absolute Gasteiger partial charge is 0.293 e. The molecule has 0 saturated heterocycles. The van der Waals surface area contributed by atoms with Crippen molar-refractivity contribution in [3.05, 3.63) is 60.6 Å². The standard InChI is InChI=1S/C13H11O2S/c14-13(11-4-2-1-3-5-11)10-16-12-6-8-15-9-7-12/h1-9H,10H2/q+1. The summed E-state index contributed by atoms with van der Waals surface area (Å²) in [5, 5.41) is 0. The molecule has 0 saturated carbocycles. The minimum atomic E-state index is 0.145. The summed E-state index contributed by atoms with van der Waals surface area (Å²) in [7, 11) is 0. The molecule has 0 atom stereocenters. The van der Waals surface area contributed by atoms with E-state index in [9.17, 15) is 4.79 Å². The second kappa shape index (κ2) is 5.47. The van der Waals surface area contributed by atoms with E-state index in [0.29, 0.717) is 5.75 Å². The van der Waals surface area contributed by atoms with Gasteiger partial charge in [-0.25, -0.2) is 4.42 Å². The zero-order valence-electron chi connectivity index (χ0n) is 8.63. The highest BCUT2D eigenvalue weighted by molar-refractivity contribution is 8.00. The van der Waals surface area contributed by atoms with Crippen LogP contribution in [0, 0.1) is 0 Å². The first kappa shape index (κ1) is 10.9. The van der Waals surface area contributed by atoms with Gasteiger partial charge in [0.1, 0.15) is 0 Å². The molecule has 3 heteroatoms. The quantitative estimate of drug-likeness (QED) is 0.458. The van der Waals surface area contributed by atoms with Gasteiger partial charge in [0.2, 0.25) is 0 Å². The molecule has 1 aromatic heterocycles. The van der Waals surface area contributed by atoms with E-state index in [2.05, 4.69) is 0 Å². The molecule has 0 aliphatic carbocycles. The lowest BCUT2D eigenvalue weighted by Gasteiger charge is -1.99. The van der Waals surface area contributed by atoms with Crippen molar-refractivity contribution in [2.45, 2.75) is 4.90 Å². The number of hydrogen-bond acceptors (Lipinski definition) is 2. The van der Waals surface area contributed by atoms with Crippen LogP contribution in [0.2, 0.25) is 0 Å². The normalized spacial score (nSPS) is 10.0. The third-order valence-electron chi connectivity index (χ3n) is 2.09. The molecular weight excluding hydrogens is 220 g/mol. The fourth-order valence-corrected chi connectivity index (χ4v) is 2.03. The molecule has 0 aliphatic heterocycles. The summed E-state index contributed by atoms with van der Waals surface area (Å²) >= 11 is 1.51. The summed E-state index contributed by atoms with van der Waals surface area (Å²) in [5.41, 5.74) is 0.760. The molecule has 0 amide bonds. The number of carbonyl (C=O) groups is 1. The molecule has 80 valence electrons. The molecule has 0 fully saturated rings. The molecule has 1 heterocycles. The van der Waals surface area contributed by atoms with E-state index in [0.717, 1.165) is 10.5 Å². The van der Waals surface area contributed by atoms with Crippen molar-refractivity contribution >= 4 is 17.5 Å². The molecule has 0 aliphatic rings. The summed E-state index contributed by atoms with van der Waals surface area (Å²) in [6, 6.07) is 13.0. The summed E-state index contributed by atoms with van der Waals surface area (Å²) in [5.74, 6) is 0.597.